The van der Waals surface area contributed by atoms with E-state index in [0.29, 0.717) is 26.1 Å². The number of thiophene rings is 1. The van der Waals surface area contributed by atoms with Crippen molar-refractivity contribution in [1.29, 1.82) is 0 Å². The monoisotopic (exact) mass is 563 g/mol. The second-order valence-electron chi connectivity index (χ2n) is 9.15. The molecule has 1 aliphatic heterocycles. The highest BCUT2D eigenvalue weighted by molar-refractivity contribution is 7.18. The SMILES string of the molecule is COc1cccc(C2C(C(=O)c3ccc(Cl)s3)C(c3ccc(F)cc3)N(C(=O)c3ccccc3)C2C(=O)O)c1. The van der Waals surface area contributed by atoms with Crippen molar-refractivity contribution in [3.8, 4) is 5.75 Å². The second-order valence-corrected chi connectivity index (χ2v) is 10.9. The summed E-state index contributed by atoms with van der Waals surface area (Å²) in [5.41, 5.74) is 1.24. The average Bonchev–Trinajstić information content (AvgIpc) is 3.55. The molecule has 4 aromatic rings. The van der Waals surface area contributed by atoms with E-state index in [-0.39, 0.29) is 11.3 Å². The molecule has 4 atom stereocenters. The predicted octanol–water partition coefficient (Wildman–Crippen LogP) is 6.48. The highest BCUT2D eigenvalue weighted by atomic mass is 35.5. The van der Waals surface area contributed by atoms with E-state index < -0.39 is 41.6 Å². The van der Waals surface area contributed by atoms with Gasteiger partial charge in [0.25, 0.3) is 5.91 Å². The lowest BCUT2D eigenvalue weighted by Crippen LogP contribution is -2.43. The number of ether oxygens (including phenoxy) is 1. The maximum Gasteiger partial charge on any atom is 0.327 e. The van der Waals surface area contributed by atoms with Gasteiger partial charge in [0.05, 0.1) is 28.3 Å². The summed E-state index contributed by atoms with van der Waals surface area (Å²) in [5.74, 6) is -4.16. The molecule has 0 bridgehead atoms. The number of carbonyl (C=O) groups is 3. The number of ketones is 1. The largest absolute Gasteiger partial charge is 0.497 e. The van der Waals surface area contributed by atoms with Crippen molar-refractivity contribution in [3.63, 3.8) is 0 Å². The Morgan fingerprint density at radius 3 is 2.26 bits per heavy atom. The molecule has 0 aliphatic carbocycles. The number of carboxylic acid groups (broad SMARTS) is 1. The van der Waals surface area contributed by atoms with Gasteiger partial charge in [-0.25, -0.2) is 9.18 Å². The maximum atomic E-state index is 14.2. The van der Waals surface area contributed by atoms with Crippen molar-refractivity contribution >= 4 is 40.6 Å². The van der Waals surface area contributed by atoms with E-state index in [0.717, 1.165) is 11.3 Å². The number of halogens is 2. The number of carbonyl (C=O) groups excluding carboxylic acids is 2. The number of Topliss-reactive ketones (excluding diaryl/α,β-unsaturated/α-hetero) is 1. The molecule has 0 saturated carbocycles. The summed E-state index contributed by atoms with van der Waals surface area (Å²) < 4.78 is 19.8. The Bertz CT molecular complexity index is 1520. The van der Waals surface area contributed by atoms with E-state index in [1.54, 1.807) is 66.7 Å². The van der Waals surface area contributed by atoms with Crippen LogP contribution < -0.4 is 4.74 Å². The maximum absolute atomic E-state index is 14.2. The fraction of sp³-hybridized carbons (Fsp3) is 0.167. The van der Waals surface area contributed by atoms with Crippen LogP contribution in [0, 0.1) is 11.7 Å². The third kappa shape index (κ3) is 5.05. The molecular formula is C30H23ClFNO5S. The first-order valence-corrected chi connectivity index (χ1v) is 13.3. The minimum atomic E-state index is -1.41. The molecule has 1 N–H and O–H groups in total. The molecule has 1 aromatic heterocycles. The van der Waals surface area contributed by atoms with Gasteiger partial charge in [-0.15, -0.1) is 11.3 Å². The first-order chi connectivity index (χ1) is 18.8. The summed E-state index contributed by atoms with van der Waals surface area (Å²) in [6.45, 7) is 0. The molecule has 5 rings (SSSR count). The van der Waals surface area contributed by atoms with Crippen LogP contribution in [0.1, 0.15) is 43.1 Å². The van der Waals surface area contributed by atoms with E-state index in [4.69, 9.17) is 16.3 Å². The normalized spacial score (nSPS) is 20.5. The number of aliphatic carboxylic acids is 1. The third-order valence-corrected chi connectivity index (χ3v) is 8.23. The number of nitrogens with zero attached hydrogens (tertiary/aromatic N) is 1. The fourth-order valence-corrected chi connectivity index (χ4v) is 6.38. The van der Waals surface area contributed by atoms with Gasteiger partial charge in [0.15, 0.2) is 5.78 Å². The molecule has 1 aliphatic rings. The first-order valence-electron chi connectivity index (χ1n) is 12.1. The number of rotatable bonds is 7. The molecule has 1 saturated heterocycles. The fourth-order valence-electron chi connectivity index (χ4n) is 5.35. The molecule has 4 unspecified atom stereocenters. The number of hydrogen-bond acceptors (Lipinski definition) is 5. The lowest BCUT2D eigenvalue weighted by Gasteiger charge is -2.30. The molecule has 1 amide bonds. The molecule has 2 heterocycles. The third-order valence-electron chi connectivity index (χ3n) is 6.98. The van der Waals surface area contributed by atoms with Gasteiger partial charge in [-0.1, -0.05) is 54.1 Å². The predicted molar refractivity (Wildman–Crippen MR) is 146 cm³/mol. The smallest absolute Gasteiger partial charge is 0.327 e. The zero-order chi connectivity index (χ0) is 27.7. The zero-order valence-corrected chi connectivity index (χ0v) is 22.2. The van der Waals surface area contributed by atoms with Crippen LogP contribution in [-0.2, 0) is 4.79 Å². The molecule has 198 valence electrons. The molecule has 6 nitrogen and oxygen atoms in total. The van der Waals surface area contributed by atoms with E-state index in [1.807, 2.05) is 0 Å². The van der Waals surface area contributed by atoms with Crippen LogP contribution in [0.2, 0.25) is 4.34 Å². The Labute approximate surface area is 233 Å². The van der Waals surface area contributed by atoms with Gasteiger partial charge in [0.1, 0.15) is 17.6 Å². The Morgan fingerprint density at radius 2 is 1.64 bits per heavy atom. The second kappa shape index (κ2) is 11.0. The first kappa shape index (κ1) is 26.6. The van der Waals surface area contributed by atoms with Crippen LogP contribution in [0.4, 0.5) is 4.39 Å². The summed E-state index contributed by atoms with van der Waals surface area (Å²) in [6.07, 6.45) is 0. The highest BCUT2D eigenvalue weighted by Gasteiger charge is 2.58. The molecule has 1 fully saturated rings. The van der Waals surface area contributed by atoms with Gasteiger partial charge in [-0.3, -0.25) is 9.59 Å². The van der Waals surface area contributed by atoms with Gasteiger partial charge < -0.3 is 14.7 Å². The molecule has 9 heteroatoms. The number of amides is 1. The van der Waals surface area contributed by atoms with Crippen molar-refractivity contribution in [2.24, 2.45) is 5.92 Å². The summed E-state index contributed by atoms with van der Waals surface area (Å²) in [6, 6.07) is 21.4. The van der Waals surface area contributed by atoms with Crippen LogP contribution >= 0.6 is 22.9 Å². The Balaban J connectivity index is 1.78. The van der Waals surface area contributed by atoms with Crippen molar-refractivity contribution < 1.29 is 28.6 Å². The van der Waals surface area contributed by atoms with Crippen molar-refractivity contribution in [2.75, 3.05) is 7.11 Å². The van der Waals surface area contributed by atoms with Gasteiger partial charge in [-0.2, -0.15) is 0 Å². The van der Waals surface area contributed by atoms with Gasteiger partial charge >= 0.3 is 5.97 Å². The molecule has 0 spiro atoms. The van der Waals surface area contributed by atoms with Crippen molar-refractivity contribution in [2.45, 2.75) is 18.0 Å². The minimum Gasteiger partial charge on any atom is -0.497 e. The van der Waals surface area contributed by atoms with Crippen LogP contribution in [0.3, 0.4) is 0 Å². The Morgan fingerprint density at radius 1 is 0.923 bits per heavy atom. The van der Waals surface area contributed by atoms with Gasteiger partial charge in [-0.05, 0) is 59.7 Å². The molecule has 3 aromatic carbocycles. The van der Waals surface area contributed by atoms with Crippen LogP contribution in [0.25, 0.3) is 0 Å². The number of carboxylic acids is 1. The standard InChI is InChI=1S/C30H23ClFNO5S/c1-38-21-9-5-8-19(16-21)24-25(28(34)22-14-15-23(31)39-22)26(17-10-12-20(32)13-11-17)33(27(24)30(36)37)29(35)18-6-3-2-4-7-18/h2-16,24-27H,1H3,(H,36,37). The van der Waals surface area contributed by atoms with Crippen molar-refractivity contribution in [1.82, 2.24) is 4.90 Å². The highest BCUT2D eigenvalue weighted by Crippen LogP contribution is 2.52. The lowest BCUT2D eigenvalue weighted by molar-refractivity contribution is -0.142. The van der Waals surface area contributed by atoms with E-state index in [9.17, 15) is 23.9 Å². The summed E-state index contributed by atoms with van der Waals surface area (Å²) in [4.78, 5) is 42.9. The van der Waals surface area contributed by atoms with E-state index in [1.165, 1.54) is 36.3 Å². The molecule has 0 radical (unpaired) electrons. The van der Waals surface area contributed by atoms with E-state index in [2.05, 4.69) is 0 Å². The molecule has 39 heavy (non-hydrogen) atoms. The number of methoxy groups -OCH3 is 1. The van der Waals surface area contributed by atoms with Gasteiger partial charge in [0, 0.05) is 11.5 Å². The summed E-state index contributed by atoms with van der Waals surface area (Å²) >= 11 is 7.25. The minimum absolute atomic E-state index is 0.271. The quantitative estimate of drug-likeness (QED) is 0.260. The molecular weight excluding hydrogens is 541 g/mol. The zero-order valence-electron chi connectivity index (χ0n) is 20.7. The van der Waals surface area contributed by atoms with E-state index >= 15 is 0 Å². The number of benzene rings is 3. The van der Waals surface area contributed by atoms with Crippen molar-refractivity contribution in [3.05, 3.63) is 123 Å². The van der Waals surface area contributed by atoms with Crippen LogP contribution in [-0.4, -0.2) is 40.8 Å². The van der Waals surface area contributed by atoms with Gasteiger partial charge in [0.2, 0.25) is 0 Å². The average molecular weight is 564 g/mol. The summed E-state index contributed by atoms with van der Waals surface area (Å²) in [5, 5.41) is 10.6. The van der Waals surface area contributed by atoms with Crippen LogP contribution in [0.5, 0.6) is 5.75 Å². The lowest BCUT2D eigenvalue weighted by atomic mass is 9.77. The Kier molecular flexibility index (Phi) is 7.50. The van der Waals surface area contributed by atoms with Crippen LogP contribution in [0.15, 0.2) is 91.0 Å². The Hall–Kier alpha value is -4.01. The number of likely N-dealkylation sites (tertiary alicyclic amines) is 1. The number of hydrogen-bond donors (Lipinski definition) is 1. The summed E-state index contributed by atoms with van der Waals surface area (Å²) in [7, 11) is 1.49. The topological polar surface area (TPSA) is 83.9 Å².